The molecule has 2 rings (SSSR count). The van der Waals surface area contributed by atoms with Gasteiger partial charge >= 0.3 is 0 Å². The maximum absolute atomic E-state index is 3.76. The van der Waals surface area contributed by atoms with Gasteiger partial charge in [-0.15, -0.1) is 0 Å². The van der Waals surface area contributed by atoms with Gasteiger partial charge in [-0.1, -0.05) is 6.92 Å². The molecule has 0 bridgehead atoms. The molecule has 2 saturated heterocycles. The molecule has 0 radical (unpaired) electrons. The minimum Gasteiger partial charge on any atom is -0.314 e. The summed E-state index contributed by atoms with van der Waals surface area (Å²) in [5.74, 6) is 0.898. The highest BCUT2D eigenvalue weighted by Gasteiger charge is 2.22. The number of likely N-dealkylation sites (tertiary alicyclic amines) is 2. The monoisotopic (exact) mass is 267 g/mol. The van der Waals surface area contributed by atoms with Crippen LogP contribution in [0, 0.1) is 5.92 Å². The van der Waals surface area contributed by atoms with Gasteiger partial charge in [0.05, 0.1) is 0 Å². The third-order valence-electron chi connectivity index (χ3n) is 5.10. The smallest absolute Gasteiger partial charge is 0.00679 e. The van der Waals surface area contributed by atoms with Crippen LogP contribution in [-0.4, -0.2) is 61.7 Å². The minimum atomic E-state index is 0.706. The Labute approximate surface area is 119 Å². The zero-order valence-electron chi connectivity index (χ0n) is 13.0. The molecule has 1 atom stereocenters. The Morgan fingerprint density at radius 3 is 2.37 bits per heavy atom. The van der Waals surface area contributed by atoms with E-state index in [2.05, 4.69) is 29.0 Å². The highest BCUT2D eigenvalue weighted by Crippen LogP contribution is 2.20. The molecule has 112 valence electrons. The standard InChI is InChI=1S/C16H33N3/c1-3-18-13-7-16(8-14-18)15(2)17-9-6-12-19-10-4-5-11-19/h15-17H,3-14H2,1-2H3. The summed E-state index contributed by atoms with van der Waals surface area (Å²) in [7, 11) is 0. The summed E-state index contributed by atoms with van der Waals surface area (Å²) in [5, 5.41) is 3.76. The number of nitrogens with zero attached hydrogens (tertiary/aromatic N) is 2. The first kappa shape index (κ1) is 15.3. The molecule has 19 heavy (non-hydrogen) atoms. The lowest BCUT2D eigenvalue weighted by Crippen LogP contribution is -2.42. The van der Waals surface area contributed by atoms with Crippen LogP contribution in [0.3, 0.4) is 0 Å². The lowest BCUT2D eigenvalue weighted by molar-refractivity contribution is 0.168. The van der Waals surface area contributed by atoms with Gasteiger partial charge in [0.1, 0.15) is 0 Å². The van der Waals surface area contributed by atoms with E-state index in [0.717, 1.165) is 5.92 Å². The summed E-state index contributed by atoms with van der Waals surface area (Å²) in [4.78, 5) is 5.20. The van der Waals surface area contributed by atoms with E-state index < -0.39 is 0 Å². The quantitative estimate of drug-likeness (QED) is 0.713. The maximum Gasteiger partial charge on any atom is 0.00679 e. The zero-order chi connectivity index (χ0) is 13.5. The van der Waals surface area contributed by atoms with Crippen molar-refractivity contribution in [3.63, 3.8) is 0 Å². The number of hydrogen-bond acceptors (Lipinski definition) is 3. The van der Waals surface area contributed by atoms with Crippen LogP contribution in [0.1, 0.15) is 46.0 Å². The van der Waals surface area contributed by atoms with Crippen molar-refractivity contribution in [2.75, 3.05) is 45.8 Å². The van der Waals surface area contributed by atoms with Crippen LogP contribution in [0.2, 0.25) is 0 Å². The van der Waals surface area contributed by atoms with Gasteiger partial charge in [0.2, 0.25) is 0 Å². The van der Waals surface area contributed by atoms with Gasteiger partial charge in [0.25, 0.3) is 0 Å². The van der Waals surface area contributed by atoms with E-state index in [9.17, 15) is 0 Å². The molecule has 1 N–H and O–H groups in total. The average Bonchev–Trinajstić information content (AvgIpc) is 2.96. The fraction of sp³-hybridized carbons (Fsp3) is 1.00. The average molecular weight is 267 g/mol. The van der Waals surface area contributed by atoms with Gasteiger partial charge in [0.15, 0.2) is 0 Å². The Bertz CT molecular complexity index is 230. The van der Waals surface area contributed by atoms with E-state index in [1.807, 2.05) is 0 Å². The maximum atomic E-state index is 3.76. The van der Waals surface area contributed by atoms with Crippen LogP contribution < -0.4 is 5.32 Å². The first-order valence-corrected chi connectivity index (χ1v) is 8.47. The molecule has 3 nitrogen and oxygen atoms in total. The van der Waals surface area contributed by atoms with Gasteiger partial charge in [0, 0.05) is 6.04 Å². The van der Waals surface area contributed by atoms with E-state index in [1.54, 1.807) is 0 Å². The van der Waals surface area contributed by atoms with Crippen molar-refractivity contribution in [1.82, 2.24) is 15.1 Å². The van der Waals surface area contributed by atoms with Crippen LogP contribution in [0.4, 0.5) is 0 Å². The summed E-state index contributed by atoms with van der Waals surface area (Å²) in [6.07, 6.45) is 6.92. The van der Waals surface area contributed by atoms with Crippen LogP contribution >= 0.6 is 0 Å². The zero-order valence-corrected chi connectivity index (χ0v) is 13.0. The molecule has 0 amide bonds. The SMILES string of the molecule is CCN1CCC(C(C)NCCCN2CCCC2)CC1. The van der Waals surface area contributed by atoms with E-state index in [-0.39, 0.29) is 0 Å². The van der Waals surface area contributed by atoms with Crippen LogP contribution in [0.25, 0.3) is 0 Å². The van der Waals surface area contributed by atoms with Crippen molar-refractivity contribution in [3.05, 3.63) is 0 Å². The van der Waals surface area contributed by atoms with Crippen LogP contribution in [0.5, 0.6) is 0 Å². The van der Waals surface area contributed by atoms with Crippen molar-refractivity contribution in [2.24, 2.45) is 5.92 Å². The summed E-state index contributed by atoms with van der Waals surface area (Å²) in [5.41, 5.74) is 0. The fourth-order valence-corrected chi connectivity index (χ4v) is 3.57. The summed E-state index contributed by atoms with van der Waals surface area (Å²) in [6, 6.07) is 0.706. The normalized spacial score (nSPS) is 24.9. The largest absolute Gasteiger partial charge is 0.314 e. The van der Waals surface area contributed by atoms with Crippen molar-refractivity contribution < 1.29 is 0 Å². The number of hydrogen-bond donors (Lipinski definition) is 1. The fourth-order valence-electron chi connectivity index (χ4n) is 3.57. The third kappa shape index (κ3) is 5.05. The molecule has 0 saturated carbocycles. The summed E-state index contributed by atoms with van der Waals surface area (Å²) < 4.78 is 0. The number of nitrogens with one attached hydrogen (secondary N) is 1. The van der Waals surface area contributed by atoms with Gasteiger partial charge in [-0.05, 0) is 90.8 Å². The van der Waals surface area contributed by atoms with Crippen molar-refractivity contribution in [1.29, 1.82) is 0 Å². The molecule has 2 aliphatic heterocycles. The lowest BCUT2D eigenvalue weighted by Gasteiger charge is -2.34. The van der Waals surface area contributed by atoms with Crippen molar-refractivity contribution in [2.45, 2.75) is 52.0 Å². The Hall–Kier alpha value is -0.120. The Morgan fingerprint density at radius 2 is 1.74 bits per heavy atom. The molecule has 2 heterocycles. The molecule has 0 aromatic heterocycles. The molecular weight excluding hydrogens is 234 g/mol. The number of rotatable bonds is 7. The molecule has 1 unspecified atom stereocenters. The lowest BCUT2D eigenvalue weighted by atomic mass is 9.90. The van der Waals surface area contributed by atoms with Gasteiger partial charge in [-0.2, -0.15) is 0 Å². The molecule has 0 spiro atoms. The van der Waals surface area contributed by atoms with Gasteiger partial charge in [-0.3, -0.25) is 0 Å². The molecule has 2 fully saturated rings. The molecule has 0 aromatic rings. The first-order valence-electron chi connectivity index (χ1n) is 8.47. The first-order chi connectivity index (χ1) is 9.29. The van der Waals surface area contributed by atoms with Crippen molar-refractivity contribution in [3.8, 4) is 0 Å². The molecule has 0 aromatic carbocycles. The van der Waals surface area contributed by atoms with E-state index >= 15 is 0 Å². The van der Waals surface area contributed by atoms with Crippen LogP contribution in [-0.2, 0) is 0 Å². The van der Waals surface area contributed by atoms with E-state index in [0.29, 0.717) is 6.04 Å². The Kier molecular flexibility index (Phi) is 6.62. The van der Waals surface area contributed by atoms with E-state index in [1.165, 1.54) is 77.9 Å². The third-order valence-corrected chi connectivity index (χ3v) is 5.10. The number of piperidine rings is 1. The van der Waals surface area contributed by atoms with E-state index in [4.69, 9.17) is 0 Å². The highest BCUT2D eigenvalue weighted by atomic mass is 15.1. The molecular formula is C16H33N3. The highest BCUT2D eigenvalue weighted by molar-refractivity contribution is 4.79. The second-order valence-electron chi connectivity index (χ2n) is 6.42. The summed E-state index contributed by atoms with van der Waals surface area (Å²) in [6.45, 7) is 13.7. The predicted octanol–water partition coefficient (Wildman–Crippen LogP) is 2.18. The summed E-state index contributed by atoms with van der Waals surface area (Å²) >= 11 is 0. The second-order valence-corrected chi connectivity index (χ2v) is 6.42. The Morgan fingerprint density at radius 1 is 1.05 bits per heavy atom. The van der Waals surface area contributed by atoms with Crippen molar-refractivity contribution >= 4 is 0 Å². The van der Waals surface area contributed by atoms with Crippen LogP contribution in [0.15, 0.2) is 0 Å². The molecule has 0 aliphatic carbocycles. The molecule has 2 aliphatic rings. The predicted molar refractivity (Wildman–Crippen MR) is 82.6 cm³/mol. The topological polar surface area (TPSA) is 18.5 Å². The minimum absolute atomic E-state index is 0.706. The van der Waals surface area contributed by atoms with Gasteiger partial charge in [-0.25, -0.2) is 0 Å². The second kappa shape index (κ2) is 8.23. The molecule has 3 heteroatoms. The van der Waals surface area contributed by atoms with Gasteiger partial charge < -0.3 is 15.1 Å². The Balaban J connectivity index is 1.53.